The summed E-state index contributed by atoms with van der Waals surface area (Å²) in [6.45, 7) is 0. The molecule has 0 atom stereocenters. The Morgan fingerprint density at radius 1 is 1.56 bits per heavy atom. The van der Waals surface area contributed by atoms with Gasteiger partial charge in [-0.2, -0.15) is 0 Å². The Hall–Kier alpha value is -0.410. The first kappa shape index (κ1) is 6.71. The summed E-state index contributed by atoms with van der Waals surface area (Å²) in [5.41, 5.74) is 0. The third kappa shape index (κ3) is 1.77. The average molecular weight is 188 g/mol. The van der Waals surface area contributed by atoms with E-state index >= 15 is 0 Å². The minimum Gasteiger partial charge on any atom is -0.300 e. The van der Waals surface area contributed by atoms with Gasteiger partial charge in [0.2, 0.25) is 5.82 Å². The standard InChI is InChI=1S/C6H7BrN2/c1-8-6-3-2-5(7)4-9-6/h2-4H,1H3,(H,8,9)/p+1. The van der Waals surface area contributed by atoms with Gasteiger partial charge in [0, 0.05) is 16.7 Å². The van der Waals surface area contributed by atoms with Gasteiger partial charge < -0.3 is 0 Å². The molecule has 0 unspecified atom stereocenters. The number of nitrogens with zero attached hydrogens (tertiary/aromatic N) is 1. The van der Waals surface area contributed by atoms with E-state index in [1.807, 2.05) is 24.5 Å². The highest BCUT2D eigenvalue weighted by Gasteiger charge is 1.90. The molecule has 2 N–H and O–H groups in total. The van der Waals surface area contributed by atoms with Crippen molar-refractivity contribution >= 4 is 21.7 Å². The fraction of sp³-hybridized carbons (Fsp3) is 0.167. The molecule has 1 aromatic heterocycles. The van der Waals surface area contributed by atoms with Crippen molar-refractivity contribution in [2.24, 2.45) is 0 Å². The zero-order valence-electron chi connectivity index (χ0n) is 5.13. The molecule has 0 aliphatic carbocycles. The molecule has 3 heteroatoms. The van der Waals surface area contributed by atoms with Crippen LogP contribution in [0.5, 0.6) is 0 Å². The molecule has 0 radical (unpaired) electrons. The lowest BCUT2D eigenvalue weighted by atomic mass is 10.5. The van der Waals surface area contributed by atoms with E-state index in [1.165, 1.54) is 0 Å². The van der Waals surface area contributed by atoms with E-state index in [1.54, 1.807) is 6.20 Å². The highest BCUT2D eigenvalue weighted by Crippen LogP contribution is 2.06. The van der Waals surface area contributed by atoms with Crippen LogP contribution < -0.4 is 5.32 Å². The molecule has 0 aliphatic heterocycles. The summed E-state index contributed by atoms with van der Waals surface area (Å²) in [6.07, 6.45) is 1.79. The van der Waals surface area contributed by atoms with Crippen molar-refractivity contribution in [2.75, 3.05) is 7.05 Å². The van der Waals surface area contributed by atoms with Crippen LogP contribution >= 0.6 is 15.9 Å². The molecule has 1 rings (SSSR count). The number of nitrogens with two attached hydrogens (primary N) is 1. The monoisotopic (exact) mass is 187 g/mol. The van der Waals surface area contributed by atoms with Crippen LogP contribution in [0.2, 0.25) is 0 Å². The van der Waals surface area contributed by atoms with Crippen LogP contribution in [0.25, 0.3) is 0 Å². The van der Waals surface area contributed by atoms with E-state index < -0.39 is 0 Å². The van der Waals surface area contributed by atoms with Crippen molar-refractivity contribution in [1.29, 1.82) is 0 Å². The molecule has 48 valence electrons. The normalized spacial score (nSPS) is 9.56. The number of rotatable bonds is 1. The van der Waals surface area contributed by atoms with E-state index in [0.29, 0.717) is 0 Å². The van der Waals surface area contributed by atoms with Crippen LogP contribution in [0, 0.1) is 0 Å². The van der Waals surface area contributed by atoms with Crippen molar-refractivity contribution in [3.63, 3.8) is 0 Å². The van der Waals surface area contributed by atoms with E-state index in [2.05, 4.69) is 20.9 Å². The second kappa shape index (κ2) is 2.94. The van der Waals surface area contributed by atoms with E-state index in [9.17, 15) is 0 Å². The lowest BCUT2D eigenvalue weighted by Crippen LogP contribution is -2.73. The summed E-state index contributed by atoms with van der Waals surface area (Å²) in [6, 6.07) is 3.94. The molecule has 0 spiro atoms. The summed E-state index contributed by atoms with van der Waals surface area (Å²) < 4.78 is 1.02. The molecule has 0 bridgehead atoms. The summed E-state index contributed by atoms with van der Waals surface area (Å²) in [5, 5.41) is 1.96. The quantitative estimate of drug-likeness (QED) is 0.689. The molecule has 1 aromatic rings. The van der Waals surface area contributed by atoms with Crippen molar-refractivity contribution < 1.29 is 5.32 Å². The summed E-state index contributed by atoms with van der Waals surface area (Å²) >= 11 is 3.30. The van der Waals surface area contributed by atoms with Crippen molar-refractivity contribution in [3.05, 3.63) is 22.8 Å². The number of aromatic nitrogens is 1. The molecule has 2 nitrogen and oxygen atoms in total. The minimum absolute atomic E-state index is 1.01. The maximum atomic E-state index is 4.09. The van der Waals surface area contributed by atoms with Crippen LogP contribution in [0.15, 0.2) is 22.8 Å². The maximum absolute atomic E-state index is 4.09. The number of halogens is 1. The molecule has 9 heavy (non-hydrogen) atoms. The van der Waals surface area contributed by atoms with Gasteiger partial charge in [-0.1, -0.05) is 0 Å². The number of quaternary nitrogens is 1. The zero-order chi connectivity index (χ0) is 6.69. The number of hydrogen-bond donors (Lipinski definition) is 1. The molecule has 0 amide bonds. The van der Waals surface area contributed by atoms with Crippen molar-refractivity contribution in [3.8, 4) is 0 Å². The second-order valence-corrected chi connectivity index (χ2v) is 2.61. The van der Waals surface area contributed by atoms with Crippen LogP contribution in [-0.4, -0.2) is 12.0 Å². The third-order valence-electron chi connectivity index (χ3n) is 1.05. The van der Waals surface area contributed by atoms with Gasteiger partial charge in [0.15, 0.2) is 0 Å². The summed E-state index contributed by atoms with van der Waals surface area (Å²) in [4.78, 5) is 4.09. The van der Waals surface area contributed by atoms with Crippen molar-refractivity contribution in [1.82, 2.24) is 4.98 Å². The predicted molar refractivity (Wildman–Crippen MR) is 39.4 cm³/mol. The van der Waals surface area contributed by atoms with Gasteiger partial charge in [-0.05, 0) is 22.0 Å². The number of pyridine rings is 1. The Bertz CT molecular complexity index is 183. The Morgan fingerprint density at radius 3 is 2.78 bits per heavy atom. The molecule has 0 aliphatic rings. The third-order valence-corrected chi connectivity index (χ3v) is 1.52. The first-order chi connectivity index (χ1) is 4.33. The van der Waals surface area contributed by atoms with Gasteiger partial charge in [-0.15, -0.1) is 0 Å². The van der Waals surface area contributed by atoms with Crippen molar-refractivity contribution in [2.45, 2.75) is 0 Å². The van der Waals surface area contributed by atoms with E-state index in [4.69, 9.17) is 0 Å². The van der Waals surface area contributed by atoms with Gasteiger partial charge in [0.05, 0.1) is 7.05 Å². The fourth-order valence-electron chi connectivity index (χ4n) is 0.558. The number of hydrogen-bond acceptors (Lipinski definition) is 1. The fourth-order valence-corrected chi connectivity index (χ4v) is 0.793. The van der Waals surface area contributed by atoms with E-state index in [-0.39, 0.29) is 0 Å². The molecule has 1 heterocycles. The maximum Gasteiger partial charge on any atom is 0.223 e. The van der Waals surface area contributed by atoms with Gasteiger partial charge in [-0.25, -0.2) is 4.98 Å². The lowest BCUT2D eigenvalue weighted by Gasteiger charge is -1.90. The predicted octanol–water partition coefficient (Wildman–Crippen LogP) is 0.669. The molecular weight excluding hydrogens is 180 g/mol. The molecule has 0 saturated heterocycles. The second-order valence-electron chi connectivity index (χ2n) is 1.69. The largest absolute Gasteiger partial charge is 0.300 e. The van der Waals surface area contributed by atoms with Crippen LogP contribution in [0.1, 0.15) is 0 Å². The smallest absolute Gasteiger partial charge is 0.223 e. The average Bonchev–Trinajstić information content (AvgIpc) is 1.90. The highest BCUT2D eigenvalue weighted by atomic mass is 79.9. The van der Waals surface area contributed by atoms with Gasteiger partial charge >= 0.3 is 0 Å². The first-order valence-corrected chi connectivity index (χ1v) is 3.53. The Kier molecular flexibility index (Phi) is 2.19. The first-order valence-electron chi connectivity index (χ1n) is 2.74. The topological polar surface area (TPSA) is 29.5 Å². The van der Waals surface area contributed by atoms with Gasteiger partial charge in [0.1, 0.15) is 0 Å². The highest BCUT2D eigenvalue weighted by molar-refractivity contribution is 9.10. The Labute approximate surface area is 62.4 Å². The van der Waals surface area contributed by atoms with E-state index in [0.717, 1.165) is 10.3 Å². The molecule has 0 aromatic carbocycles. The Balaban J connectivity index is 2.88. The van der Waals surface area contributed by atoms with Gasteiger partial charge in [-0.3, -0.25) is 5.32 Å². The SMILES string of the molecule is C[NH2+]c1ccc(Br)cn1. The van der Waals surface area contributed by atoms with Gasteiger partial charge in [0.25, 0.3) is 0 Å². The van der Waals surface area contributed by atoms with Crippen LogP contribution in [0.4, 0.5) is 5.82 Å². The zero-order valence-corrected chi connectivity index (χ0v) is 6.72. The minimum atomic E-state index is 1.01. The molecular formula is C6H8BrN2+. The summed E-state index contributed by atoms with van der Waals surface area (Å²) in [7, 11) is 1.97. The Morgan fingerprint density at radius 2 is 2.33 bits per heavy atom. The lowest BCUT2D eigenvalue weighted by molar-refractivity contribution is -0.543. The summed E-state index contributed by atoms with van der Waals surface area (Å²) in [5.74, 6) is 1.01. The van der Waals surface area contributed by atoms with Crippen LogP contribution in [0.3, 0.4) is 0 Å². The molecule has 0 saturated carbocycles. The molecule has 0 fully saturated rings. The van der Waals surface area contributed by atoms with Crippen LogP contribution in [-0.2, 0) is 0 Å².